The number of hydrogen-bond acceptors (Lipinski definition) is 6. The fourth-order valence-corrected chi connectivity index (χ4v) is 7.36. The number of fused-ring (bicyclic) bond motifs is 5. The van der Waals surface area contributed by atoms with Crippen molar-refractivity contribution in [2.24, 2.45) is 5.41 Å². The summed E-state index contributed by atoms with van der Waals surface area (Å²) < 4.78 is 5.40. The normalized spacial score (nSPS) is 22.3. The Labute approximate surface area is 224 Å². The molecule has 6 heteroatoms. The molecule has 1 aromatic heterocycles. The van der Waals surface area contributed by atoms with E-state index in [1.54, 1.807) is 31.4 Å². The van der Waals surface area contributed by atoms with Crippen molar-refractivity contribution in [3.63, 3.8) is 0 Å². The highest BCUT2D eigenvalue weighted by atomic mass is 32.1. The van der Waals surface area contributed by atoms with Gasteiger partial charge in [0, 0.05) is 22.7 Å². The lowest BCUT2D eigenvalue weighted by Crippen LogP contribution is -2.48. The van der Waals surface area contributed by atoms with Gasteiger partial charge in [-0.3, -0.25) is 14.4 Å². The number of methoxy groups -OCH3 is 1. The van der Waals surface area contributed by atoms with Crippen LogP contribution < -0.4 is 9.64 Å². The Morgan fingerprint density at radius 2 is 1.55 bits per heavy atom. The third kappa shape index (κ3) is 2.89. The molecule has 1 fully saturated rings. The van der Waals surface area contributed by atoms with Crippen molar-refractivity contribution in [3.05, 3.63) is 124 Å². The summed E-state index contributed by atoms with van der Waals surface area (Å²) in [7, 11) is 1.60. The summed E-state index contributed by atoms with van der Waals surface area (Å²) in [6, 6.07) is 24.6. The van der Waals surface area contributed by atoms with Gasteiger partial charge in [0.25, 0.3) is 0 Å². The average Bonchev–Trinajstić information content (AvgIpc) is 3.66. The zero-order chi connectivity index (χ0) is 26.0. The molecule has 4 aromatic rings. The first kappa shape index (κ1) is 22.9. The van der Waals surface area contributed by atoms with Gasteiger partial charge in [0.2, 0.25) is 0 Å². The Morgan fingerprint density at radius 1 is 0.868 bits per heavy atom. The van der Waals surface area contributed by atoms with E-state index in [9.17, 15) is 14.4 Å². The maximum Gasteiger partial charge on any atom is 0.195 e. The minimum atomic E-state index is -1.49. The van der Waals surface area contributed by atoms with Gasteiger partial charge in [-0.25, -0.2) is 0 Å². The van der Waals surface area contributed by atoms with Crippen LogP contribution in [-0.2, 0) is 0 Å². The lowest BCUT2D eigenvalue weighted by molar-refractivity contribution is 0.0666. The molecule has 1 aliphatic carbocycles. The minimum Gasteiger partial charge on any atom is -0.497 e. The van der Waals surface area contributed by atoms with E-state index in [4.69, 9.17) is 4.74 Å². The molecule has 38 heavy (non-hydrogen) atoms. The van der Waals surface area contributed by atoms with Crippen molar-refractivity contribution in [1.82, 2.24) is 0 Å². The van der Waals surface area contributed by atoms with E-state index in [0.29, 0.717) is 21.8 Å². The van der Waals surface area contributed by atoms with Gasteiger partial charge in [-0.05, 0) is 40.8 Å². The maximum absolute atomic E-state index is 14.5. The molecule has 5 nitrogen and oxygen atoms in total. The number of anilines is 1. The van der Waals surface area contributed by atoms with E-state index in [2.05, 4.69) is 0 Å². The number of hydrogen-bond donors (Lipinski definition) is 0. The van der Waals surface area contributed by atoms with Gasteiger partial charge in [-0.15, -0.1) is 11.3 Å². The van der Waals surface area contributed by atoms with Crippen molar-refractivity contribution >= 4 is 40.4 Å². The van der Waals surface area contributed by atoms with Crippen molar-refractivity contribution in [1.29, 1.82) is 0 Å². The lowest BCUT2D eigenvalue weighted by atomic mass is 9.64. The molecule has 3 unspecified atom stereocenters. The van der Waals surface area contributed by atoms with Gasteiger partial charge >= 0.3 is 0 Å². The van der Waals surface area contributed by atoms with E-state index in [1.807, 2.05) is 83.1 Å². The SMILES string of the molecule is COc1ccc(C2C(C(=O)c3cccs3)N3c4ccccc4C=CC3C23C(=O)c2ccccc2C3=O)cc1. The predicted molar refractivity (Wildman–Crippen MR) is 147 cm³/mol. The highest BCUT2D eigenvalue weighted by Crippen LogP contribution is 2.61. The van der Waals surface area contributed by atoms with E-state index in [0.717, 1.165) is 16.8 Å². The molecule has 3 aromatic carbocycles. The summed E-state index contributed by atoms with van der Waals surface area (Å²) in [4.78, 5) is 46.1. The van der Waals surface area contributed by atoms with Crippen LogP contribution in [0.1, 0.15) is 47.4 Å². The molecule has 3 aliphatic rings. The van der Waals surface area contributed by atoms with Gasteiger partial charge in [-0.2, -0.15) is 0 Å². The Kier molecular flexibility index (Phi) is 5.03. The van der Waals surface area contributed by atoms with Crippen molar-refractivity contribution < 1.29 is 19.1 Å². The van der Waals surface area contributed by atoms with E-state index in [1.165, 1.54) is 11.3 Å². The zero-order valence-electron chi connectivity index (χ0n) is 20.5. The summed E-state index contributed by atoms with van der Waals surface area (Å²) in [5.41, 5.74) is 1.92. The quantitative estimate of drug-likeness (QED) is 0.243. The first-order valence-corrected chi connectivity index (χ1v) is 13.4. The predicted octanol–water partition coefficient (Wildman–Crippen LogP) is 6.07. The number of ether oxygens (including phenoxy) is 1. The summed E-state index contributed by atoms with van der Waals surface area (Å²) in [5, 5.41) is 1.88. The van der Waals surface area contributed by atoms with Crippen LogP contribution in [0.5, 0.6) is 5.75 Å². The number of ketones is 3. The molecule has 186 valence electrons. The number of benzene rings is 3. The molecular formula is C32H23NO4S. The number of rotatable bonds is 4. The molecule has 3 heterocycles. The summed E-state index contributed by atoms with van der Waals surface area (Å²) in [5.74, 6) is -0.586. The number of carbonyl (C=O) groups excluding carboxylic acids is 3. The third-order valence-electron chi connectivity index (χ3n) is 8.22. The van der Waals surface area contributed by atoms with Crippen molar-refractivity contribution in [2.75, 3.05) is 12.0 Å². The molecule has 7 rings (SSSR count). The topological polar surface area (TPSA) is 63.7 Å². The van der Waals surface area contributed by atoms with E-state index in [-0.39, 0.29) is 17.3 Å². The monoisotopic (exact) mass is 517 g/mol. The average molecular weight is 518 g/mol. The second-order valence-corrected chi connectivity index (χ2v) is 10.8. The Bertz CT molecular complexity index is 1600. The van der Waals surface area contributed by atoms with Gasteiger partial charge in [0.05, 0.1) is 18.0 Å². The summed E-state index contributed by atoms with van der Waals surface area (Å²) >= 11 is 1.38. The molecule has 3 atom stereocenters. The minimum absolute atomic E-state index is 0.0932. The van der Waals surface area contributed by atoms with Gasteiger partial charge in [0.15, 0.2) is 17.3 Å². The number of nitrogens with zero attached hydrogens (tertiary/aromatic N) is 1. The number of carbonyl (C=O) groups is 3. The van der Waals surface area contributed by atoms with Crippen LogP contribution in [0.25, 0.3) is 6.08 Å². The molecule has 0 radical (unpaired) electrons. The summed E-state index contributed by atoms with van der Waals surface area (Å²) in [6.45, 7) is 0. The fraction of sp³-hybridized carbons (Fsp3) is 0.156. The van der Waals surface area contributed by atoms with Gasteiger partial charge in [0.1, 0.15) is 17.2 Å². The first-order chi connectivity index (χ1) is 18.6. The van der Waals surface area contributed by atoms with Crippen LogP contribution in [0.3, 0.4) is 0 Å². The second-order valence-electron chi connectivity index (χ2n) is 9.88. The highest BCUT2D eigenvalue weighted by Gasteiger charge is 2.71. The highest BCUT2D eigenvalue weighted by molar-refractivity contribution is 7.12. The first-order valence-electron chi connectivity index (χ1n) is 12.5. The second kappa shape index (κ2) is 8.36. The summed E-state index contributed by atoms with van der Waals surface area (Å²) in [6.07, 6.45) is 3.92. The van der Waals surface area contributed by atoms with E-state index < -0.39 is 23.4 Å². The smallest absolute Gasteiger partial charge is 0.195 e. The number of Topliss-reactive ketones (excluding diaryl/α,β-unsaturated/α-hetero) is 3. The van der Waals surface area contributed by atoms with Crippen LogP contribution >= 0.6 is 11.3 Å². The van der Waals surface area contributed by atoms with Crippen LogP contribution in [0.4, 0.5) is 5.69 Å². The van der Waals surface area contributed by atoms with Crippen LogP contribution in [0, 0.1) is 5.41 Å². The number of para-hydroxylation sites is 1. The Hall–Kier alpha value is -4.29. The number of thiophene rings is 1. The molecule has 1 spiro atoms. The Balaban J connectivity index is 1.55. The maximum atomic E-state index is 14.5. The molecule has 0 saturated carbocycles. The zero-order valence-corrected chi connectivity index (χ0v) is 21.4. The molecular weight excluding hydrogens is 494 g/mol. The fourth-order valence-electron chi connectivity index (χ4n) is 6.67. The molecule has 0 bridgehead atoms. The largest absolute Gasteiger partial charge is 0.497 e. The molecule has 2 aliphatic heterocycles. The van der Waals surface area contributed by atoms with Crippen molar-refractivity contribution in [2.45, 2.75) is 18.0 Å². The van der Waals surface area contributed by atoms with Crippen LogP contribution in [0.15, 0.2) is 96.4 Å². The van der Waals surface area contributed by atoms with E-state index >= 15 is 0 Å². The lowest BCUT2D eigenvalue weighted by Gasteiger charge is -2.37. The van der Waals surface area contributed by atoms with Crippen LogP contribution in [0.2, 0.25) is 0 Å². The molecule has 0 N–H and O–H groups in total. The molecule has 0 amide bonds. The van der Waals surface area contributed by atoms with Gasteiger partial charge < -0.3 is 9.64 Å². The third-order valence-corrected chi connectivity index (χ3v) is 9.10. The van der Waals surface area contributed by atoms with Crippen molar-refractivity contribution in [3.8, 4) is 5.75 Å². The Morgan fingerprint density at radius 3 is 2.21 bits per heavy atom. The molecule has 1 saturated heterocycles. The standard InChI is InChI=1S/C32H23NO4S/c1-37-21-15-12-20(13-16-21)27-28(29(34)25-11-6-18-38-25)33-24-10-5-2-7-19(24)14-17-26(33)32(27)30(35)22-8-3-4-9-23(22)31(32)36/h2-18,26-28H,1H3. The van der Waals surface area contributed by atoms with Crippen LogP contribution in [-0.4, -0.2) is 36.5 Å². The van der Waals surface area contributed by atoms with Gasteiger partial charge in [-0.1, -0.05) is 72.8 Å².